The minimum Gasteiger partial charge on any atom is -0.394 e. The fourth-order valence-corrected chi connectivity index (χ4v) is 1.79. The summed E-state index contributed by atoms with van der Waals surface area (Å²) in [5.74, 6) is 0. The van der Waals surface area contributed by atoms with Crippen molar-refractivity contribution in [1.29, 1.82) is 0 Å². The van der Waals surface area contributed by atoms with Gasteiger partial charge in [0.2, 0.25) is 0 Å². The Morgan fingerprint density at radius 3 is 1.94 bits per heavy atom. The van der Waals surface area contributed by atoms with E-state index in [-0.39, 0.29) is 18.1 Å². The zero-order valence-electron chi connectivity index (χ0n) is 9.21. The van der Waals surface area contributed by atoms with Crippen molar-refractivity contribution in [3.05, 3.63) is 29.3 Å². The van der Waals surface area contributed by atoms with E-state index in [1.807, 2.05) is 0 Å². The Bertz CT molecular complexity index is 423. The van der Waals surface area contributed by atoms with Crippen LogP contribution in [0.3, 0.4) is 0 Å². The van der Waals surface area contributed by atoms with E-state index in [1.54, 1.807) is 26.0 Å². The Morgan fingerprint density at radius 1 is 1.12 bits per heavy atom. The third-order valence-corrected chi connectivity index (χ3v) is 2.72. The van der Waals surface area contributed by atoms with Gasteiger partial charge < -0.3 is 10.2 Å². The molecule has 0 spiro atoms. The van der Waals surface area contributed by atoms with Gasteiger partial charge in [-0.15, -0.1) is 0 Å². The smallest absolute Gasteiger partial charge is 0.294 e. The number of aliphatic hydroxyl groups is 2. The highest BCUT2D eigenvalue weighted by atomic mass is 32.2. The molecule has 1 aromatic rings. The summed E-state index contributed by atoms with van der Waals surface area (Å²) in [6.07, 6.45) is 0. The Balaban J connectivity index is 0.000000487. The molecule has 0 saturated carbocycles. The maximum atomic E-state index is 10.8. The molecule has 0 fully saturated rings. The summed E-state index contributed by atoms with van der Waals surface area (Å²) < 4.78 is 30.3. The van der Waals surface area contributed by atoms with Gasteiger partial charge in [-0.25, -0.2) is 0 Å². The van der Waals surface area contributed by atoms with E-state index in [2.05, 4.69) is 0 Å². The van der Waals surface area contributed by atoms with E-state index in [0.717, 1.165) is 5.56 Å². The second-order valence-corrected chi connectivity index (χ2v) is 4.58. The van der Waals surface area contributed by atoms with Crippen molar-refractivity contribution in [2.24, 2.45) is 0 Å². The quantitative estimate of drug-likeness (QED) is 0.663. The molecular formula is C10H16O5S. The zero-order chi connectivity index (χ0) is 12.8. The molecule has 0 radical (unpaired) electrons. The number of hydrogen-bond acceptors (Lipinski definition) is 4. The zero-order valence-corrected chi connectivity index (χ0v) is 10.0. The van der Waals surface area contributed by atoms with Gasteiger partial charge in [0.15, 0.2) is 0 Å². The molecule has 0 atom stereocenters. The minimum atomic E-state index is -4.06. The van der Waals surface area contributed by atoms with Crippen LogP contribution in [0.15, 0.2) is 23.1 Å². The molecular weight excluding hydrogens is 232 g/mol. The first-order valence-corrected chi connectivity index (χ1v) is 6.03. The predicted octanol–water partition coefficient (Wildman–Crippen LogP) is 0.521. The van der Waals surface area contributed by atoms with E-state index < -0.39 is 10.1 Å². The highest BCUT2D eigenvalue weighted by Gasteiger charge is 2.11. The monoisotopic (exact) mass is 248 g/mol. The van der Waals surface area contributed by atoms with Crippen LogP contribution in [-0.2, 0) is 10.1 Å². The van der Waals surface area contributed by atoms with Crippen LogP contribution < -0.4 is 0 Å². The van der Waals surface area contributed by atoms with E-state index in [0.29, 0.717) is 5.56 Å². The molecule has 0 amide bonds. The van der Waals surface area contributed by atoms with Crippen LogP contribution in [0.25, 0.3) is 0 Å². The van der Waals surface area contributed by atoms with Gasteiger partial charge in [0, 0.05) is 0 Å². The third-order valence-electron chi connectivity index (χ3n) is 1.72. The molecule has 1 rings (SSSR count). The minimum absolute atomic E-state index is 0.0116. The number of rotatable bonds is 2. The van der Waals surface area contributed by atoms with Crippen LogP contribution in [0, 0.1) is 13.8 Å². The predicted molar refractivity (Wildman–Crippen MR) is 59.9 cm³/mol. The summed E-state index contributed by atoms with van der Waals surface area (Å²) >= 11 is 0. The van der Waals surface area contributed by atoms with Crippen LogP contribution in [0.5, 0.6) is 0 Å². The number of hydrogen-bond donors (Lipinski definition) is 3. The lowest BCUT2D eigenvalue weighted by Crippen LogP contribution is -2.00. The van der Waals surface area contributed by atoms with Gasteiger partial charge in [-0.3, -0.25) is 4.55 Å². The maximum Gasteiger partial charge on any atom is 0.294 e. The van der Waals surface area contributed by atoms with Gasteiger partial charge in [-0.05, 0) is 31.0 Å². The molecule has 5 nitrogen and oxygen atoms in total. The van der Waals surface area contributed by atoms with Crippen molar-refractivity contribution in [2.45, 2.75) is 18.7 Å². The highest BCUT2D eigenvalue weighted by Crippen LogP contribution is 2.15. The fourth-order valence-electron chi connectivity index (χ4n) is 0.985. The number of aryl methyl sites for hydroxylation is 2. The Morgan fingerprint density at radius 2 is 1.62 bits per heavy atom. The molecule has 0 saturated heterocycles. The van der Waals surface area contributed by atoms with E-state index >= 15 is 0 Å². The summed E-state index contributed by atoms with van der Waals surface area (Å²) in [4.78, 5) is -0.0116. The molecule has 16 heavy (non-hydrogen) atoms. The SMILES string of the molecule is Cc1ccc(C)c(S(=O)(=O)O)c1.OCCO. The van der Waals surface area contributed by atoms with Crippen molar-refractivity contribution in [3.63, 3.8) is 0 Å². The Kier molecular flexibility index (Phi) is 6.20. The third kappa shape index (κ3) is 5.22. The number of aliphatic hydroxyl groups excluding tert-OH is 2. The average Bonchev–Trinajstić information content (AvgIpc) is 2.20. The molecule has 0 unspecified atom stereocenters. The standard InChI is InChI=1S/C8H10O3S.C2H6O2/c1-6-3-4-7(2)8(5-6)12(9,10)11;3-1-2-4/h3-5H,1-2H3,(H,9,10,11);3-4H,1-2H2. The summed E-state index contributed by atoms with van der Waals surface area (Å²) in [6.45, 7) is 3.16. The fraction of sp³-hybridized carbons (Fsp3) is 0.400. The molecule has 1 aromatic carbocycles. The largest absolute Gasteiger partial charge is 0.394 e. The van der Waals surface area contributed by atoms with Crippen molar-refractivity contribution < 1.29 is 23.2 Å². The molecule has 92 valence electrons. The second-order valence-electron chi connectivity index (χ2n) is 3.19. The van der Waals surface area contributed by atoms with Crippen LogP contribution in [-0.4, -0.2) is 36.4 Å². The second kappa shape index (κ2) is 6.59. The van der Waals surface area contributed by atoms with E-state index in [9.17, 15) is 8.42 Å². The van der Waals surface area contributed by atoms with Crippen molar-refractivity contribution >= 4 is 10.1 Å². The maximum absolute atomic E-state index is 10.8. The lowest BCUT2D eigenvalue weighted by Gasteiger charge is -2.02. The topological polar surface area (TPSA) is 94.8 Å². The first-order chi connectivity index (χ1) is 7.32. The summed E-state index contributed by atoms with van der Waals surface area (Å²) in [5.41, 5.74) is 1.37. The van der Waals surface area contributed by atoms with Crippen LogP contribution in [0.1, 0.15) is 11.1 Å². The van der Waals surface area contributed by atoms with Crippen molar-refractivity contribution in [1.82, 2.24) is 0 Å². The molecule has 0 aliphatic rings. The molecule has 0 aliphatic heterocycles. The molecule has 0 bridgehead atoms. The normalized spacial score (nSPS) is 10.6. The average molecular weight is 248 g/mol. The van der Waals surface area contributed by atoms with Crippen LogP contribution in [0.4, 0.5) is 0 Å². The molecule has 0 heterocycles. The van der Waals surface area contributed by atoms with Gasteiger partial charge >= 0.3 is 0 Å². The van der Waals surface area contributed by atoms with Gasteiger partial charge in [-0.1, -0.05) is 12.1 Å². The Labute approximate surface area is 95.1 Å². The summed E-state index contributed by atoms with van der Waals surface area (Å²) in [7, 11) is -4.06. The Hall–Kier alpha value is -0.950. The molecule has 0 aromatic heterocycles. The van der Waals surface area contributed by atoms with Gasteiger partial charge in [0.05, 0.1) is 18.1 Å². The molecule has 3 N–H and O–H groups in total. The lowest BCUT2D eigenvalue weighted by molar-refractivity contribution is 0.186. The first kappa shape index (κ1) is 15.0. The summed E-state index contributed by atoms with van der Waals surface area (Å²) in [5, 5.41) is 15.2. The lowest BCUT2D eigenvalue weighted by atomic mass is 10.2. The van der Waals surface area contributed by atoms with Gasteiger partial charge in [0.1, 0.15) is 0 Å². The van der Waals surface area contributed by atoms with Crippen LogP contribution in [0.2, 0.25) is 0 Å². The van der Waals surface area contributed by atoms with Crippen LogP contribution >= 0.6 is 0 Å². The molecule has 6 heteroatoms. The van der Waals surface area contributed by atoms with Crippen molar-refractivity contribution in [2.75, 3.05) is 13.2 Å². The molecule has 0 aliphatic carbocycles. The van der Waals surface area contributed by atoms with E-state index in [1.165, 1.54) is 6.07 Å². The highest BCUT2D eigenvalue weighted by molar-refractivity contribution is 7.85. The van der Waals surface area contributed by atoms with E-state index in [4.69, 9.17) is 14.8 Å². The number of benzene rings is 1. The van der Waals surface area contributed by atoms with Crippen molar-refractivity contribution in [3.8, 4) is 0 Å². The van der Waals surface area contributed by atoms with Gasteiger partial charge in [-0.2, -0.15) is 8.42 Å². The summed E-state index contributed by atoms with van der Waals surface area (Å²) in [6, 6.07) is 4.91. The first-order valence-electron chi connectivity index (χ1n) is 4.59. The van der Waals surface area contributed by atoms with Gasteiger partial charge in [0.25, 0.3) is 10.1 Å².